The summed E-state index contributed by atoms with van der Waals surface area (Å²) in [6.07, 6.45) is 0. The molecule has 1 aromatic carbocycles. The van der Waals surface area contributed by atoms with Crippen LogP contribution in [-0.4, -0.2) is 54.3 Å². The minimum atomic E-state index is -1.11. The van der Waals surface area contributed by atoms with Crippen molar-refractivity contribution in [3.05, 3.63) is 30.1 Å². The van der Waals surface area contributed by atoms with Gasteiger partial charge in [0.05, 0.1) is 13.2 Å². The van der Waals surface area contributed by atoms with Gasteiger partial charge in [0, 0.05) is 6.54 Å². The molecule has 1 fully saturated rings. The Balaban J connectivity index is 1.93. The van der Waals surface area contributed by atoms with Crippen LogP contribution in [0.5, 0.6) is 5.75 Å². The molecule has 1 heterocycles. The van der Waals surface area contributed by atoms with E-state index in [1.807, 2.05) is 0 Å². The van der Waals surface area contributed by atoms with Crippen LogP contribution in [0.1, 0.15) is 0 Å². The van der Waals surface area contributed by atoms with Crippen molar-refractivity contribution in [1.29, 1.82) is 0 Å². The van der Waals surface area contributed by atoms with E-state index in [9.17, 15) is 14.0 Å². The standard InChI is InChI=1S/C13H14FNO5/c14-9-1-3-10(4-2-9)20-8-12(16)15-5-6-19-7-11(15)13(17)18/h1-4,11H,5-8H2,(H,17,18). The maximum atomic E-state index is 12.7. The van der Waals surface area contributed by atoms with Crippen molar-refractivity contribution < 1.29 is 28.6 Å². The Hall–Kier alpha value is -2.15. The second-order valence-corrected chi connectivity index (χ2v) is 4.26. The molecule has 0 radical (unpaired) electrons. The number of rotatable bonds is 4. The lowest BCUT2D eigenvalue weighted by Gasteiger charge is -2.32. The van der Waals surface area contributed by atoms with E-state index < -0.39 is 23.7 Å². The molecule has 1 aliphatic heterocycles. The van der Waals surface area contributed by atoms with Gasteiger partial charge in [-0.05, 0) is 24.3 Å². The molecule has 1 amide bonds. The number of carbonyl (C=O) groups excluding carboxylic acids is 1. The molecule has 1 atom stereocenters. The molecule has 0 bridgehead atoms. The van der Waals surface area contributed by atoms with E-state index in [1.54, 1.807) is 0 Å². The van der Waals surface area contributed by atoms with Gasteiger partial charge in [0.2, 0.25) is 0 Å². The number of carboxylic acid groups (broad SMARTS) is 1. The molecule has 2 rings (SSSR count). The number of benzene rings is 1. The topological polar surface area (TPSA) is 76.1 Å². The van der Waals surface area contributed by atoms with Crippen LogP contribution in [0.2, 0.25) is 0 Å². The molecule has 6 nitrogen and oxygen atoms in total. The second kappa shape index (κ2) is 6.33. The van der Waals surface area contributed by atoms with Gasteiger partial charge < -0.3 is 19.5 Å². The lowest BCUT2D eigenvalue weighted by molar-refractivity contribution is -0.159. The smallest absolute Gasteiger partial charge is 0.328 e. The Morgan fingerprint density at radius 3 is 2.75 bits per heavy atom. The van der Waals surface area contributed by atoms with Crippen molar-refractivity contribution in [2.24, 2.45) is 0 Å². The summed E-state index contributed by atoms with van der Waals surface area (Å²) >= 11 is 0. The monoisotopic (exact) mass is 283 g/mol. The fraction of sp³-hybridized carbons (Fsp3) is 0.385. The summed E-state index contributed by atoms with van der Waals surface area (Å²) in [5.41, 5.74) is 0. The summed E-state index contributed by atoms with van der Waals surface area (Å²) in [5.74, 6) is -1.60. The van der Waals surface area contributed by atoms with Gasteiger partial charge in [-0.2, -0.15) is 0 Å². The quantitative estimate of drug-likeness (QED) is 0.871. The molecule has 0 aromatic heterocycles. The number of halogens is 1. The van der Waals surface area contributed by atoms with Gasteiger partial charge in [-0.1, -0.05) is 0 Å². The third-order valence-electron chi connectivity index (χ3n) is 2.91. The van der Waals surface area contributed by atoms with E-state index in [0.29, 0.717) is 12.4 Å². The average molecular weight is 283 g/mol. The number of carbonyl (C=O) groups is 2. The highest BCUT2D eigenvalue weighted by Crippen LogP contribution is 2.12. The van der Waals surface area contributed by atoms with Crippen molar-refractivity contribution >= 4 is 11.9 Å². The number of hydrogen-bond acceptors (Lipinski definition) is 4. The third-order valence-corrected chi connectivity index (χ3v) is 2.91. The number of amides is 1. The number of carboxylic acids is 1. The van der Waals surface area contributed by atoms with Crippen molar-refractivity contribution in [3.63, 3.8) is 0 Å². The molecule has 1 unspecified atom stereocenters. The molecule has 1 N–H and O–H groups in total. The maximum absolute atomic E-state index is 12.7. The summed E-state index contributed by atoms with van der Waals surface area (Å²) in [7, 11) is 0. The highest BCUT2D eigenvalue weighted by Gasteiger charge is 2.32. The summed E-state index contributed by atoms with van der Waals surface area (Å²) in [5, 5.41) is 9.02. The number of morpholine rings is 1. The molecule has 1 aromatic rings. The van der Waals surface area contributed by atoms with Crippen LogP contribution < -0.4 is 4.74 Å². The van der Waals surface area contributed by atoms with Gasteiger partial charge in [-0.15, -0.1) is 0 Å². The predicted octanol–water partition coefficient (Wildman–Crippen LogP) is 0.516. The SMILES string of the molecule is O=C(O)C1COCCN1C(=O)COc1ccc(F)cc1. The van der Waals surface area contributed by atoms with Gasteiger partial charge in [-0.3, -0.25) is 4.79 Å². The van der Waals surface area contributed by atoms with Gasteiger partial charge in [0.15, 0.2) is 12.6 Å². The van der Waals surface area contributed by atoms with E-state index in [0.717, 1.165) is 0 Å². The van der Waals surface area contributed by atoms with Crippen molar-refractivity contribution in [2.75, 3.05) is 26.4 Å². The van der Waals surface area contributed by atoms with Crippen LogP contribution in [0.15, 0.2) is 24.3 Å². The first-order valence-electron chi connectivity index (χ1n) is 6.06. The van der Waals surface area contributed by atoms with Crippen LogP contribution in [0.3, 0.4) is 0 Å². The predicted molar refractivity (Wildman–Crippen MR) is 65.9 cm³/mol. The van der Waals surface area contributed by atoms with Crippen molar-refractivity contribution in [2.45, 2.75) is 6.04 Å². The van der Waals surface area contributed by atoms with Crippen molar-refractivity contribution in [3.8, 4) is 5.75 Å². The first kappa shape index (κ1) is 14.3. The van der Waals surface area contributed by atoms with Gasteiger partial charge in [0.1, 0.15) is 11.6 Å². The second-order valence-electron chi connectivity index (χ2n) is 4.26. The largest absolute Gasteiger partial charge is 0.484 e. The molecular formula is C13H14FNO5. The Bertz CT molecular complexity index is 490. The van der Waals surface area contributed by atoms with E-state index in [1.165, 1.54) is 29.2 Å². The summed E-state index contributed by atoms with van der Waals surface area (Å²) in [4.78, 5) is 24.2. The lowest BCUT2D eigenvalue weighted by Crippen LogP contribution is -2.53. The van der Waals surface area contributed by atoms with Crippen LogP contribution in [0.25, 0.3) is 0 Å². The number of aliphatic carboxylic acids is 1. The Morgan fingerprint density at radius 1 is 1.40 bits per heavy atom. The third kappa shape index (κ3) is 3.45. The van der Waals surface area contributed by atoms with Crippen LogP contribution in [0.4, 0.5) is 4.39 Å². The Morgan fingerprint density at radius 2 is 2.10 bits per heavy atom. The first-order chi connectivity index (χ1) is 9.58. The average Bonchev–Trinajstić information content (AvgIpc) is 2.46. The Kier molecular flexibility index (Phi) is 4.52. The van der Waals surface area contributed by atoms with Crippen molar-refractivity contribution in [1.82, 2.24) is 4.90 Å². The molecule has 108 valence electrons. The van der Waals surface area contributed by atoms with E-state index in [2.05, 4.69) is 0 Å². The molecular weight excluding hydrogens is 269 g/mol. The number of nitrogens with zero attached hydrogens (tertiary/aromatic N) is 1. The zero-order chi connectivity index (χ0) is 14.5. The highest BCUT2D eigenvalue weighted by molar-refractivity contribution is 5.84. The number of ether oxygens (including phenoxy) is 2. The van der Waals surface area contributed by atoms with E-state index >= 15 is 0 Å². The van der Waals surface area contributed by atoms with E-state index in [4.69, 9.17) is 14.6 Å². The van der Waals surface area contributed by atoms with Crippen LogP contribution in [-0.2, 0) is 14.3 Å². The van der Waals surface area contributed by atoms with Crippen LogP contribution >= 0.6 is 0 Å². The van der Waals surface area contributed by atoms with Gasteiger partial charge in [-0.25, -0.2) is 9.18 Å². The molecule has 0 spiro atoms. The fourth-order valence-corrected chi connectivity index (χ4v) is 1.87. The van der Waals surface area contributed by atoms with Gasteiger partial charge >= 0.3 is 5.97 Å². The fourth-order valence-electron chi connectivity index (χ4n) is 1.87. The molecule has 0 saturated carbocycles. The number of hydrogen-bond donors (Lipinski definition) is 1. The summed E-state index contributed by atoms with van der Waals surface area (Å²) in [6, 6.07) is 4.24. The van der Waals surface area contributed by atoms with Gasteiger partial charge in [0.25, 0.3) is 5.91 Å². The van der Waals surface area contributed by atoms with E-state index in [-0.39, 0.29) is 19.8 Å². The Labute approximate surface area is 114 Å². The lowest BCUT2D eigenvalue weighted by atomic mass is 10.2. The molecule has 1 saturated heterocycles. The minimum Gasteiger partial charge on any atom is -0.484 e. The zero-order valence-corrected chi connectivity index (χ0v) is 10.6. The normalized spacial score (nSPS) is 18.6. The minimum absolute atomic E-state index is 0.0301. The molecule has 0 aliphatic carbocycles. The summed E-state index contributed by atoms with van der Waals surface area (Å²) < 4.78 is 23.0. The molecule has 20 heavy (non-hydrogen) atoms. The molecule has 1 aliphatic rings. The molecule has 7 heteroatoms. The maximum Gasteiger partial charge on any atom is 0.328 e. The summed E-state index contributed by atoms with van der Waals surface area (Å²) in [6.45, 7) is 0.182. The van der Waals surface area contributed by atoms with Crippen LogP contribution in [0, 0.1) is 5.82 Å². The highest BCUT2D eigenvalue weighted by atomic mass is 19.1. The zero-order valence-electron chi connectivity index (χ0n) is 10.6. The first-order valence-corrected chi connectivity index (χ1v) is 6.06.